The van der Waals surface area contributed by atoms with Crippen molar-refractivity contribution in [2.75, 3.05) is 24.5 Å². The molecule has 25 heavy (non-hydrogen) atoms. The summed E-state index contributed by atoms with van der Waals surface area (Å²) in [5.74, 6) is 0.875. The first-order chi connectivity index (χ1) is 12.1. The fourth-order valence-electron chi connectivity index (χ4n) is 3.80. The molecule has 2 saturated heterocycles. The average molecular weight is 340 g/mol. The third-order valence-corrected chi connectivity index (χ3v) is 5.17. The molecule has 2 fully saturated rings. The third kappa shape index (κ3) is 3.08. The van der Waals surface area contributed by atoms with Crippen molar-refractivity contribution in [1.29, 1.82) is 0 Å². The second-order valence-electron chi connectivity index (χ2n) is 6.87. The van der Waals surface area contributed by atoms with E-state index in [1.54, 1.807) is 6.07 Å². The summed E-state index contributed by atoms with van der Waals surface area (Å²) in [5.41, 5.74) is 1.95. The van der Waals surface area contributed by atoms with E-state index >= 15 is 0 Å². The summed E-state index contributed by atoms with van der Waals surface area (Å²) in [6.45, 7) is 4.72. The Morgan fingerprint density at radius 2 is 1.96 bits per heavy atom. The molecule has 4 rings (SSSR count). The molecule has 0 bridgehead atoms. The smallest absolute Gasteiger partial charge is 0.228 e. The maximum absolute atomic E-state index is 13.3. The minimum atomic E-state index is -0.261. The van der Waals surface area contributed by atoms with Crippen molar-refractivity contribution in [2.24, 2.45) is 11.8 Å². The summed E-state index contributed by atoms with van der Waals surface area (Å²) in [5, 5.41) is 0. The number of benzene rings is 1. The lowest BCUT2D eigenvalue weighted by atomic mass is 10.0. The molecule has 2 aromatic rings. The van der Waals surface area contributed by atoms with Crippen LogP contribution >= 0.6 is 0 Å². The Bertz CT molecular complexity index is 779. The van der Waals surface area contributed by atoms with E-state index in [0.717, 1.165) is 24.1 Å². The highest BCUT2D eigenvalue weighted by Gasteiger charge is 2.46. The average Bonchev–Trinajstić information content (AvgIpc) is 3.15. The van der Waals surface area contributed by atoms with E-state index in [2.05, 4.69) is 21.8 Å². The fourth-order valence-corrected chi connectivity index (χ4v) is 3.80. The predicted molar refractivity (Wildman–Crippen MR) is 92.4 cm³/mol. The number of carbonyl (C=O) groups excluding carboxylic acids is 1. The van der Waals surface area contributed by atoms with Gasteiger partial charge in [-0.1, -0.05) is 19.1 Å². The normalized spacial score (nSPS) is 22.6. The summed E-state index contributed by atoms with van der Waals surface area (Å²) in [6, 6.07) is 6.47. The van der Waals surface area contributed by atoms with Gasteiger partial charge in [-0.05, 0) is 29.7 Å². The Kier molecular flexibility index (Phi) is 4.11. The van der Waals surface area contributed by atoms with E-state index < -0.39 is 0 Å². The van der Waals surface area contributed by atoms with Gasteiger partial charge in [0.1, 0.15) is 5.82 Å². The highest BCUT2D eigenvalue weighted by molar-refractivity contribution is 5.83. The van der Waals surface area contributed by atoms with Gasteiger partial charge < -0.3 is 9.80 Å². The van der Waals surface area contributed by atoms with Crippen molar-refractivity contribution >= 4 is 11.9 Å². The van der Waals surface area contributed by atoms with Crippen LogP contribution in [0.1, 0.15) is 18.1 Å². The summed E-state index contributed by atoms with van der Waals surface area (Å²) < 4.78 is 13.3. The van der Waals surface area contributed by atoms with E-state index in [0.29, 0.717) is 25.6 Å². The van der Waals surface area contributed by atoms with Gasteiger partial charge in [0.15, 0.2) is 0 Å². The van der Waals surface area contributed by atoms with Gasteiger partial charge in [-0.15, -0.1) is 0 Å². The number of aryl methyl sites for hydroxylation is 1. The Morgan fingerprint density at radius 1 is 1.16 bits per heavy atom. The summed E-state index contributed by atoms with van der Waals surface area (Å²) >= 11 is 0. The van der Waals surface area contributed by atoms with Crippen LogP contribution in [0.2, 0.25) is 0 Å². The highest BCUT2D eigenvalue weighted by atomic mass is 19.1. The number of fused-ring (bicyclic) bond motifs is 1. The fraction of sp³-hybridized carbons (Fsp3) is 0.421. The van der Waals surface area contributed by atoms with Crippen LogP contribution in [0, 0.1) is 17.7 Å². The second kappa shape index (κ2) is 6.43. The number of nitrogens with zero attached hydrogens (tertiary/aromatic N) is 4. The van der Waals surface area contributed by atoms with Crippen LogP contribution in [0.3, 0.4) is 0 Å². The lowest BCUT2D eigenvalue weighted by molar-refractivity contribution is -0.131. The lowest BCUT2D eigenvalue weighted by Crippen LogP contribution is -2.33. The summed E-state index contributed by atoms with van der Waals surface area (Å²) in [6.07, 6.45) is 4.63. The minimum Gasteiger partial charge on any atom is -0.340 e. The number of halogens is 1. The SMILES string of the molecule is CCc1cnc(N2C[C@@H]3CN(Cc4cccc(F)c4)C(=O)[C@@H]3C2)nc1. The quantitative estimate of drug-likeness (QED) is 0.857. The number of aromatic nitrogens is 2. The summed E-state index contributed by atoms with van der Waals surface area (Å²) in [7, 11) is 0. The van der Waals surface area contributed by atoms with E-state index in [4.69, 9.17) is 0 Å². The molecule has 130 valence electrons. The van der Waals surface area contributed by atoms with Gasteiger partial charge in [0.25, 0.3) is 0 Å². The van der Waals surface area contributed by atoms with Gasteiger partial charge in [-0.3, -0.25) is 4.79 Å². The van der Waals surface area contributed by atoms with Crippen LogP contribution in [0.25, 0.3) is 0 Å². The van der Waals surface area contributed by atoms with Gasteiger partial charge in [0.2, 0.25) is 11.9 Å². The first-order valence-electron chi connectivity index (χ1n) is 8.73. The number of likely N-dealkylation sites (tertiary alicyclic amines) is 1. The zero-order chi connectivity index (χ0) is 17.4. The first-order valence-corrected chi connectivity index (χ1v) is 8.73. The number of amides is 1. The van der Waals surface area contributed by atoms with Crippen molar-refractivity contribution < 1.29 is 9.18 Å². The molecule has 1 aromatic carbocycles. The molecule has 0 unspecified atom stereocenters. The number of anilines is 1. The van der Waals surface area contributed by atoms with Crippen LogP contribution in [0.15, 0.2) is 36.7 Å². The first kappa shape index (κ1) is 16.0. The standard InChI is InChI=1S/C19H21FN4O/c1-2-13-7-21-19(22-8-13)24-11-15-10-23(18(25)17(15)12-24)9-14-4-3-5-16(20)6-14/h3-8,15,17H,2,9-12H2,1H3/t15-,17+/m0/s1. The van der Waals surface area contributed by atoms with Crippen molar-refractivity contribution in [3.05, 3.63) is 53.6 Å². The van der Waals surface area contributed by atoms with Crippen molar-refractivity contribution in [2.45, 2.75) is 19.9 Å². The molecular formula is C19H21FN4O. The summed E-state index contributed by atoms with van der Waals surface area (Å²) in [4.78, 5) is 25.5. The molecule has 2 aliphatic rings. The Balaban J connectivity index is 1.42. The molecule has 6 heteroatoms. The van der Waals surface area contributed by atoms with Crippen molar-refractivity contribution in [3.8, 4) is 0 Å². The van der Waals surface area contributed by atoms with Gasteiger partial charge in [-0.2, -0.15) is 0 Å². The molecule has 0 aliphatic carbocycles. The van der Waals surface area contributed by atoms with Gasteiger partial charge in [0.05, 0.1) is 5.92 Å². The van der Waals surface area contributed by atoms with Gasteiger partial charge in [0, 0.05) is 44.5 Å². The molecule has 5 nitrogen and oxygen atoms in total. The zero-order valence-corrected chi connectivity index (χ0v) is 14.2. The van der Waals surface area contributed by atoms with E-state index in [1.165, 1.54) is 12.1 Å². The largest absolute Gasteiger partial charge is 0.340 e. The minimum absolute atomic E-state index is 0.0111. The topological polar surface area (TPSA) is 49.3 Å². The molecular weight excluding hydrogens is 319 g/mol. The molecule has 1 aromatic heterocycles. The van der Waals surface area contributed by atoms with Crippen molar-refractivity contribution in [1.82, 2.24) is 14.9 Å². The van der Waals surface area contributed by atoms with Crippen LogP contribution < -0.4 is 4.90 Å². The molecule has 0 saturated carbocycles. The second-order valence-corrected chi connectivity index (χ2v) is 6.87. The lowest BCUT2D eigenvalue weighted by Gasteiger charge is -2.22. The van der Waals surface area contributed by atoms with Crippen LogP contribution in [-0.4, -0.2) is 40.4 Å². The van der Waals surface area contributed by atoms with E-state index in [1.807, 2.05) is 23.4 Å². The van der Waals surface area contributed by atoms with Gasteiger partial charge in [-0.25, -0.2) is 14.4 Å². The van der Waals surface area contributed by atoms with E-state index in [9.17, 15) is 9.18 Å². The van der Waals surface area contributed by atoms with Crippen LogP contribution in [0.4, 0.5) is 10.3 Å². The molecule has 2 atom stereocenters. The molecule has 0 N–H and O–H groups in total. The number of carbonyl (C=O) groups is 1. The molecule has 3 heterocycles. The zero-order valence-electron chi connectivity index (χ0n) is 14.2. The molecule has 2 aliphatic heterocycles. The predicted octanol–water partition coefficient (Wildman–Crippen LogP) is 2.27. The van der Waals surface area contributed by atoms with Crippen LogP contribution in [-0.2, 0) is 17.8 Å². The maximum atomic E-state index is 13.3. The number of rotatable bonds is 4. The molecule has 1 amide bonds. The maximum Gasteiger partial charge on any atom is 0.228 e. The molecule has 0 radical (unpaired) electrons. The number of hydrogen-bond donors (Lipinski definition) is 0. The van der Waals surface area contributed by atoms with Crippen molar-refractivity contribution in [3.63, 3.8) is 0 Å². The Labute approximate surface area is 146 Å². The van der Waals surface area contributed by atoms with Gasteiger partial charge >= 0.3 is 0 Å². The molecule has 0 spiro atoms. The highest BCUT2D eigenvalue weighted by Crippen LogP contribution is 2.34. The van der Waals surface area contributed by atoms with E-state index in [-0.39, 0.29) is 23.6 Å². The third-order valence-electron chi connectivity index (χ3n) is 5.17. The Morgan fingerprint density at radius 3 is 2.64 bits per heavy atom. The van der Waals surface area contributed by atoms with Crippen LogP contribution in [0.5, 0.6) is 0 Å². The Hall–Kier alpha value is -2.50. The number of hydrogen-bond acceptors (Lipinski definition) is 4. The monoisotopic (exact) mass is 340 g/mol.